The molecule has 3 nitrogen and oxygen atoms in total. The van der Waals surface area contributed by atoms with Gasteiger partial charge in [-0.05, 0) is 35.9 Å². The summed E-state index contributed by atoms with van der Waals surface area (Å²) >= 11 is 5.70. The third kappa shape index (κ3) is 3.92. The van der Waals surface area contributed by atoms with Gasteiger partial charge in [0.2, 0.25) is 0 Å². The first kappa shape index (κ1) is 16.2. The normalized spacial score (nSPS) is 12.7. The van der Waals surface area contributed by atoms with E-state index < -0.39 is 23.8 Å². The largest absolute Gasteiger partial charge is 0.546 e. The molecule has 0 unspecified atom stereocenters. The summed E-state index contributed by atoms with van der Waals surface area (Å²) in [7, 11) is 0. The van der Waals surface area contributed by atoms with E-state index in [2.05, 4.69) is 0 Å². The predicted molar refractivity (Wildman–Crippen MR) is 71.3 cm³/mol. The number of carbonyl (C=O) groups excluding carboxylic acids is 1. The lowest BCUT2D eigenvalue weighted by Gasteiger charge is -2.21. The van der Waals surface area contributed by atoms with Crippen molar-refractivity contribution in [3.8, 4) is 5.75 Å². The lowest BCUT2D eigenvalue weighted by molar-refractivity contribution is -0.314. The maximum absolute atomic E-state index is 12.6. The summed E-state index contributed by atoms with van der Waals surface area (Å²) in [5, 5.41) is 11.6. The van der Waals surface area contributed by atoms with Gasteiger partial charge >= 0.3 is 6.18 Å². The predicted octanol–water partition coefficient (Wildman–Crippen LogP) is 3.23. The van der Waals surface area contributed by atoms with Crippen molar-refractivity contribution in [2.24, 2.45) is 0 Å². The Balaban J connectivity index is 2.29. The molecule has 7 heteroatoms. The molecule has 0 saturated heterocycles. The Morgan fingerprint density at radius 1 is 1.14 bits per heavy atom. The van der Waals surface area contributed by atoms with Crippen LogP contribution in [0.4, 0.5) is 13.2 Å². The van der Waals surface area contributed by atoms with Crippen LogP contribution in [-0.2, 0) is 11.0 Å². The van der Waals surface area contributed by atoms with Crippen LogP contribution < -0.4 is 9.84 Å². The zero-order valence-electron chi connectivity index (χ0n) is 10.9. The second-order valence-electron chi connectivity index (χ2n) is 4.39. The number of ether oxygens (including phenoxy) is 1. The van der Waals surface area contributed by atoms with Crippen LogP contribution in [0.5, 0.6) is 5.75 Å². The van der Waals surface area contributed by atoms with Gasteiger partial charge in [0, 0.05) is 5.02 Å². The van der Waals surface area contributed by atoms with E-state index in [1.165, 1.54) is 30.3 Å². The molecule has 0 aliphatic heterocycles. The van der Waals surface area contributed by atoms with Gasteiger partial charge in [-0.3, -0.25) is 0 Å². The van der Waals surface area contributed by atoms with Gasteiger partial charge in [0.1, 0.15) is 5.75 Å². The molecule has 0 N–H and O–H groups in total. The molecule has 1 atom stereocenters. The monoisotopic (exact) mass is 329 g/mol. The quantitative estimate of drug-likeness (QED) is 0.865. The fourth-order valence-electron chi connectivity index (χ4n) is 1.77. The standard InChI is InChI=1S/C15H10ClF3O3/c16-11-6-4-9(5-7-11)13(14(20)21)22-12-3-1-2-10(8-12)15(17,18)19/h1-8,13H,(H,20,21)/p-1/t13-/m1/s1. The topological polar surface area (TPSA) is 49.4 Å². The maximum Gasteiger partial charge on any atom is 0.416 e. The fraction of sp³-hybridized carbons (Fsp3) is 0.133. The van der Waals surface area contributed by atoms with Gasteiger partial charge in [-0.15, -0.1) is 0 Å². The summed E-state index contributed by atoms with van der Waals surface area (Å²) in [6.07, 6.45) is -6.09. The molecule has 2 aromatic rings. The molecule has 0 spiro atoms. The average molecular weight is 330 g/mol. The summed E-state index contributed by atoms with van der Waals surface area (Å²) in [5.74, 6) is -1.79. The molecule has 116 valence electrons. The molecule has 0 aliphatic rings. The molecule has 0 amide bonds. The molecule has 0 fully saturated rings. The van der Waals surface area contributed by atoms with Crippen LogP contribution in [0, 0.1) is 0 Å². The second-order valence-corrected chi connectivity index (χ2v) is 4.83. The van der Waals surface area contributed by atoms with Crippen molar-refractivity contribution >= 4 is 17.6 Å². The number of hydrogen-bond donors (Lipinski definition) is 0. The van der Waals surface area contributed by atoms with E-state index in [-0.39, 0.29) is 11.3 Å². The summed E-state index contributed by atoms with van der Waals surface area (Å²) in [6, 6.07) is 9.65. The second kappa shape index (κ2) is 6.27. The number of alkyl halides is 3. The van der Waals surface area contributed by atoms with Crippen LogP contribution in [0.2, 0.25) is 5.02 Å². The van der Waals surface area contributed by atoms with Gasteiger partial charge in [0.05, 0.1) is 11.5 Å². The number of halogens is 4. The Kier molecular flexibility index (Phi) is 4.61. The SMILES string of the molecule is O=C([O-])[C@H](Oc1cccc(C(F)(F)F)c1)c1ccc(Cl)cc1. The van der Waals surface area contributed by atoms with Gasteiger partial charge in [-0.1, -0.05) is 29.8 Å². The van der Waals surface area contributed by atoms with Crippen LogP contribution in [0.25, 0.3) is 0 Å². The number of carboxylic acid groups (broad SMARTS) is 1. The molecule has 0 aliphatic carbocycles. The van der Waals surface area contributed by atoms with Crippen molar-refractivity contribution in [1.82, 2.24) is 0 Å². The van der Waals surface area contributed by atoms with Crippen LogP contribution in [0.3, 0.4) is 0 Å². The summed E-state index contributed by atoms with van der Waals surface area (Å²) in [4.78, 5) is 11.2. The molecular formula is C15H9ClF3O3-. The average Bonchev–Trinajstić information content (AvgIpc) is 2.45. The van der Waals surface area contributed by atoms with Gasteiger partial charge < -0.3 is 14.6 Å². The van der Waals surface area contributed by atoms with E-state index in [1.807, 2.05) is 0 Å². The molecule has 0 radical (unpaired) electrons. The maximum atomic E-state index is 12.6. The minimum atomic E-state index is -4.55. The van der Waals surface area contributed by atoms with E-state index in [1.54, 1.807) is 0 Å². The summed E-state index contributed by atoms with van der Waals surface area (Å²) in [6.45, 7) is 0. The summed E-state index contributed by atoms with van der Waals surface area (Å²) < 4.78 is 43.0. The highest BCUT2D eigenvalue weighted by atomic mass is 35.5. The number of benzene rings is 2. The van der Waals surface area contributed by atoms with Crippen molar-refractivity contribution in [3.05, 3.63) is 64.7 Å². The number of carboxylic acids is 1. The Hall–Kier alpha value is -2.21. The lowest BCUT2D eigenvalue weighted by Crippen LogP contribution is -2.33. The molecule has 2 rings (SSSR count). The van der Waals surface area contributed by atoms with E-state index >= 15 is 0 Å². The molecule has 0 bridgehead atoms. The number of hydrogen-bond acceptors (Lipinski definition) is 3. The molecule has 2 aromatic carbocycles. The minimum Gasteiger partial charge on any atom is -0.546 e. The third-order valence-electron chi connectivity index (χ3n) is 2.80. The van der Waals surface area contributed by atoms with Crippen LogP contribution in [0.15, 0.2) is 48.5 Å². The smallest absolute Gasteiger partial charge is 0.416 e. The highest BCUT2D eigenvalue weighted by Crippen LogP contribution is 2.32. The van der Waals surface area contributed by atoms with Gasteiger partial charge in [0.15, 0.2) is 6.10 Å². The molecule has 0 saturated carbocycles. The van der Waals surface area contributed by atoms with E-state index in [0.29, 0.717) is 5.02 Å². The van der Waals surface area contributed by atoms with Gasteiger partial charge in [-0.25, -0.2) is 0 Å². The van der Waals surface area contributed by atoms with E-state index in [9.17, 15) is 23.1 Å². The molecule has 22 heavy (non-hydrogen) atoms. The molecular weight excluding hydrogens is 321 g/mol. The Morgan fingerprint density at radius 3 is 2.32 bits per heavy atom. The lowest BCUT2D eigenvalue weighted by atomic mass is 10.1. The van der Waals surface area contributed by atoms with Crippen molar-refractivity contribution in [2.45, 2.75) is 12.3 Å². The van der Waals surface area contributed by atoms with E-state index in [4.69, 9.17) is 16.3 Å². The highest BCUT2D eigenvalue weighted by Gasteiger charge is 2.30. The minimum absolute atomic E-state index is 0.210. The zero-order chi connectivity index (χ0) is 16.3. The number of rotatable bonds is 4. The first-order valence-electron chi connectivity index (χ1n) is 6.07. The highest BCUT2D eigenvalue weighted by molar-refractivity contribution is 6.30. The number of aliphatic carboxylic acids is 1. The van der Waals surface area contributed by atoms with Crippen molar-refractivity contribution < 1.29 is 27.8 Å². The van der Waals surface area contributed by atoms with Gasteiger partial charge in [-0.2, -0.15) is 13.2 Å². The fourth-order valence-corrected chi connectivity index (χ4v) is 1.90. The van der Waals surface area contributed by atoms with Crippen molar-refractivity contribution in [2.75, 3.05) is 0 Å². The number of carbonyl (C=O) groups is 1. The Bertz CT molecular complexity index is 668. The Labute approximate surface area is 128 Å². The van der Waals surface area contributed by atoms with Crippen LogP contribution in [-0.4, -0.2) is 5.97 Å². The van der Waals surface area contributed by atoms with E-state index in [0.717, 1.165) is 18.2 Å². The molecule has 0 aromatic heterocycles. The zero-order valence-corrected chi connectivity index (χ0v) is 11.7. The molecule has 0 heterocycles. The van der Waals surface area contributed by atoms with Crippen LogP contribution >= 0.6 is 11.6 Å². The summed E-state index contributed by atoms with van der Waals surface area (Å²) in [5.41, 5.74) is -0.722. The van der Waals surface area contributed by atoms with Crippen molar-refractivity contribution in [1.29, 1.82) is 0 Å². The first-order chi connectivity index (χ1) is 10.3. The van der Waals surface area contributed by atoms with Gasteiger partial charge in [0.25, 0.3) is 0 Å². The van der Waals surface area contributed by atoms with Crippen LogP contribution in [0.1, 0.15) is 17.2 Å². The first-order valence-corrected chi connectivity index (χ1v) is 6.45. The Morgan fingerprint density at radius 2 is 1.77 bits per heavy atom. The third-order valence-corrected chi connectivity index (χ3v) is 3.05. The van der Waals surface area contributed by atoms with Crippen molar-refractivity contribution in [3.63, 3.8) is 0 Å².